The summed E-state index contributed by atoms with van der Waals surface area (Å²) in [5.74, 6) is 0.655. The minimum atomic E-state index is -3.75. The normalized spacial score (nSPS) is 12.3. The topological polar surface area (TPSA) is 92.8 Å². The van der Waals surface area contributed by atoms with E-state index in [2.05, 4.69) is 4.72 Å². The van der Waals surface area contributed by atoms with Gasteiger partial charge in [-0.25, -0.2) is 21.6 Å². The van der Waals surface area contributed by atoms with Crippen LogP contribution in [0.1, 0.15) is 13.8 Å². The van der Waals surface area contributed by atoms with Gasteiger partial charge in [-0.1, -0.05) is 32.0 Å². The van der Waals surface area contributed by atoms with Gasteiger partial charge in [-0.3, -0.25) is 0 Å². The van der Waals surface area contributed by atoms with Gasteiger partial charge < -0.3 is 4.74 Å². The number of hydrogen-bond acceptors (Lipinski definition) is 5. The summed E-state index contributed by atoms with van der Waals surface area (Å²) >= 11 is 0. The predicted molar refractivity (Wildman–Crippen MR) is 104 cm³/mol. The lowest BCUT2D eigenvalue weighted by atomic mass is 10.3. The molecule has 0 amide bonds. The number of nitrogens with zero attached hydrogens (tertiary/aromatic N) is 1. The average Bonchev–Trinajstić information content (AvgIpc) is 2.67. The van der Waals surface area contributed by atoms with E-state index in [1.54, 1.807) is 26.0 Å². The van der Waals surface area contributed by atoms with Gasteiger partial charge in [-0.2, -0.15) is 4.31 Å². The van der Waals surface area contributed by atoms with Gasteiger partial charge in [0.05, 0.1) is 9.79 Å². The van der Waals surface area contributed by atoms with Gasteiger partial charge in [0.1, 0.15) is 12.4 Å². The van der Waals surface area contributed by atoms with Gasteiger partial charge in [0.2, 0.25) is 20.0 Å². The van der Waals surface area contributed by atoms with Crippen molar-refractivity contribution in [1.29, 1.82) is 0 Å². The molecule has 0 heterocycles. The third kappa shape index (κ3) is 5.52. The number of benzene rings is 2. The Kier molecular flexibility index (Phi) is 7.37. The molecule has 0 fully saturated rings. The van der Waals surface area contributed by atoms with Crippen molar-refractivity contribution in [3.8, 4) is 5.75 Å². The van der Waals surface area contributed by atoms with Gasteiger partial charge >= 0.3 is 0 Å². The fourth-order valence-electron chi connectivity index (χ4n) is 2.45. The summed E-state index contributed by atoms with van der Waals surface area (Å²) in [6.07, 6.45) is 0. The minimum Gasteiger partial charge on any atom is -0.492 e. The molecule has 0 saturated heterocycles. The molecule has 27 heavy (non-hydrogen) atoms. The van der Waals surface area contributed by atoms with Gasteiger partial charge in [0.15, 0.2) is 0 Å². The smallest absolute Gasteiger partial charge is 0.243 e. The zero-order valence-electron chi connectivity index (χ0n) is 15.3. The molecule has 1 N–H and O–H groups in total. The number of ether oxygens (including phenoxy) is 1. The first kappa shape index (κ1) is 21.4. The van der Waals surface area contributed by atoms with Crippen LogP contribution in [0.4, 0.5) is 0 Å². The van der Waals surface area contributed by atoms with Crippen LogP contribution >= 0.6 is 0 Å². The highest BCUT2D eigenvalue weighted by Crippen LogP contribution is 2.18. The highest BCUT2D eigenvalue weighted by molar-refractivity contribution is 7.89. The standard InChI is InChI=1S/C18H24N2O5S2/c1-3-20(4-2)27(23,24)18-12-10-17(11-13-18)26(21,22)19-14-15-25-16-8-6-5-7-9-16/h5-13,19H,3-4,14-15H2,1-2H3. The fraction of sp³-hybridized carbons (Fsp3) is 0.333. The van der Waals surface area contributed by atoms with Crippen molar-refractivity contribution < 1.29 is 21.6 Å². The summed E-state index contributed by atoms with van der Waals surface area (Å²) < 4.78 is 58.7. The van der Waals surface area contributed by atoms with E-state index >= 15 is 0 Å². The molecule has 0 aliphatic heterocycles. The maximum absolute atomic E-state index is 12.4. The maximum Gasteiger partial charge on any atom is 0.243 e. The number of sulfonamides is 2. The van der Waals surface area contributed by atoms with Crippen molar-refractivity contribution in [2.75, 3.05) is 26.2 Å². The van der Waals surface area contributed by atoms with E-state index in [4.69, 9.17) is 4.74 Å². The summed E-state index contributed by atoms with van der Waals surface area (Å²) in [7, 11) is -7.36. The Morgan fingerprint density at radius 3 is 1.96 bits per heavy atom. The van der Waals surface area contributed by atoms with Crippen LogP contribution in [0.3, 0.4) is 0 Å². The summed E-state index contributed by atoms with van der Waals surface area (Å²) in [4.78, 5) is 0.0678. The van der Waals surface area contributed by atoms with Crippen LogP contribution in [0.25, 0.3) is 0 Å². The molecule has 0 unspecified atom stereocenters. The Bertz CT molecular complexity index is 923. The third-order valence-electron chi connectivity index (χ3n) is 3.88. The first-order valence-electron chi connectivity index (χ1n) is 8.59. The Hall–Kier alpha value is -1.94. The summed E-state index contributed by atoms with van der Waals surface area (Å²) in [5.41, 5.74) is 0. The van der Waals surface area contributed by atoms with Gasteiger partial charge in [-0.05, 0) is 36.4 Å². The van der Waals surface area contributed by atoms with Gasteiger partial charge in [-0.15, -0.1) is 0 Å². The van der Waals surface area contributed by atoms with Crippen LogP contribution in [0, 0.1) is 0 Å². The van der Waals surface area contributed by atoms with E-state index in [1.165, 1.54) is 28.6 Å². The third-order valence-corrected chi connectivity index (χ3v) is 7.42. The van der Waals surface area contributed by atoms with Gasteiger partial charge in [0.25, 0.3) is 0 Å². The Labute approximate surface area is 161 Å². The first-order valence-corrected chi connectivity index (χ1v) is 11.5. The van der Waals surface area contributed by atoms with Crippen molar-refractivity contribution in [3.05, 3.63) is 54.6 Å². The second-order valence-corrected chi connectivity index (χ2v) is 9.32. The summed E-state index contributed by atoms with van der Waals surface area (Å²) in [6.45, 7) is 4.47. The Morgan fingerprint density at radius 1 is 0.852 bits per heavy atom. The Balaban J connectivity index is 2.00. The molecule has 7 nitrogen and oxygen atoms in total. The predicted octanol–water partition coefficient (Wildman–Crippen LogP) is 2.07. The molecular weight excluding hydrogens is 388 g/mol. The SMILES string of the molecule is CCN(CC)S(=O)(=O)c1ccc(S(=O)(=O)NCCOc2ccccc2)cc1. The summed E-state index contributed by atoms with van der Waals surface area (Å²) in [5, 5.41) is 0. The molecule has 0 aliphatic rings. The molecule has 0 bridgehead atoms. The largest absolute Gasteiger partial charge is 0.492 e. The minimum absolute atomic E-state index is 0.000656. The van der Waals surface area contributed by atoms with Crippen molar-refractivity contribution in [2.45, 2.75) is 23.6 Å². The van der Waals surface area contributed by atoms with E-state index < -0.39 is 20.0 Å². The molecule has 0 aliphatic carbocycles. The molecule has 0 atom stereocenters. The fourth-order valence-corrected chi connectivity index (χ4v) is 4.92. The number of hydrogen-bond donors (Lipinski definition) is 1. The molecule has 0 aromatic heterocycles. The molecule has 2 rings (SSSR count). The lowest BCUT2D eigenvalue weighted by Gasteiger charge is -2.18. The van der Waals surface area contributed by atoms with Crippen LogP contribution in [0.5, 0.6) is 5.75 Å². The van der Waals surface area contributed by atoms with E-state index in [9.17, 15) is 16.8 Å². The van der Waals surface area contributed by atoms with Crippen LogP contribution in [-0.4, -0.2) is 47.4 Å². The van der Waals surface area contributed by atoms with Crippen LogP contribution in [-0.2, 0) is 20.0 Å². The molecule has 0 saturated carbocycles. The van der Waals surface area contributed by atoms with Gasteiger partial charge in [0, 0.05) is 19.6 Å². The van der Waals surface area contributed by atoms with E-state index in [1.807, 2.05) is 18.2 Å². The second-order valence-electron chi connectivity index (χ2n) is 5.62. The van der Waals surface area contributed by atoms with E-state index in [0.717, 1.165) is 0 Å². The maximum atomic E-state index is 12.4. The van der Waals surface area contributed by atoms with Crippen molar-refractivity contribution in [1.82, 2.24) is 9.03 Å². The molecule has 9 heteroatoms. The zero-order valence-corrected chi connectivity index (χ0v) is 17.0. The lowest BCUT2D eigenvalue weighted by Crippen LogP contribution is -2.31. The van der Waals surface area contributed by atoms with Crippen LogP contribution < -0.4 is 9.46 Å². The molecule has 0 spiro atoms. The van der Waals surface area contributed by atoms with Crippen molar-refractivity contribution in [2.24, 2.45) is 0 Å². The molecule has 2 aromatic rings. The molecule has 0 radical (unpaired) electrons. The second kappa shape index (κ2) is 9.32. The highest BCUT2D eigenvalue weighted by Gasteiger charge is 2.22. The Morgan fingerprint density at radius 2 is 1.41 bits per heavy atom. The molecule has 2 aromatic carbocycles. The summed E-state index contributed by atoms with van der Waals surface area (Å²) in [6, 6.07) is 14.3. The number of rotatable bonds is 10. The molecular formula is C18H24N2O5S2. The highest BCUT2D eigenvalue weighted by atomic mass is 32.2. The number of nitrogens with one attached hydrogen (secondary N) is 1. The van der Waals surface area contributed by atoms with Crippen molar-refractivity contribution in [3.63, 3.8) is 0 Å². The zero-order chi connectivity index (χ0) is 19.9. The number of para-hydroxylation sites is 1. The molecule has 148 valence electrons. The van der Waals surface area contributed by atoms with Crippen LogP contribution in [0.15, 0.2) is 64.4 Å². The van der Waals surface area contributed by atoms with E-state index in [-0.39, 0.29) is 22.9 Å². The lowest BCUT2D eigenvalue weighted by molar-refractivity contribution is 0.323. The average molecular weight is 413 g/mol. The monoisotopic (exact) mass is 412 g/mol. The van der Waals surface area contributed by atoms with Crippen LogP contribution in [0.2, 0.25) is 0 Å². The van der Waals surface area contributed by atoms with E-state index in [0.29, 0.717) is 18.8 Å². The first-order chi connectivity index (χ1) is 12.8. The quantitative estimate of drug-likeness (QED) is 0.603. The van der Waals surface area contributed by atoms with Crippen molar-refractivity contribution >= 4 is 20.0 Å².